The Balaban J connectivity index is 1.59. The minimum Gasteiger partial charge on any atom is -0.392 e. The first-order valence-corrected chi connectivity index (χ1v) is 9.47. The number of aromatic nitrogens is 2. The molecule has 0 aliphatic carbocycles. The summed E-state index contributed by atoms with van der Waals surface area (Å²) < 4.78 is 0. The lowest BCUT2D eigenvalue weighted by atomic mass is 10.2. The van der Waals surface area contributed by atoms with Crippen LogP contribution in [0.3, 0.4) is 0 Å². The van der Waals surface area contributed by atoms with Gasteiger partial charge in [0.05, 0.1) is 11.5 Å². The van der Waals surface area contributed by atoms with Crippen LogP contribution in [0.2, 0.25) is 0 Å². The van der Waals surface area contributed by atoms with Crippen LogP contribution in [0.4, 0.5) is 5.82 Å². The van der Waals surface area contributed by atoms with Crippen LogP contribution < -0.4 is 4.90 Å². The molecule has 130 valence electrons. The van der Waals surface area contributed by atoms with Crippen LogP contribution in [-0.4, -0.2) is 58.8 Å². The van der Waals surface area contributed by atoms with E-state index < -0.39 is 0 Å². The molecule has 1 N–H and O–H groups in total. The first-order chi connectivity index (χ1) is 12.2. The Morgan fingerprint density at radius 2 is 1.88 bits per heavy atom. The number of hydrogen-bond donors (Lipinski definition) is 1. The summed E-state index contributed by atoms with van der Waals surface area (Å²) >= 11 is 1.72. The Bertz CT molecular complexity index is 841. The SMILES string of the molecule is C[C@@H](O)CN1CCN(c2ncnc3sc(-c4ccccc4)cc23)CC1. The fourth-order valence-corrected chi connectivity index (χ4v) is 4.35. The third kappa shape index (κ3) is 3.51. The van der Waals surface area contributed by atoms with E-state index in [1.165, 1.54) is 10.4 Å². The molecule has 0 spiro atoms. The predicted octanol–water partition coefficient (Wildman–Crippen LogP) is 2.86. The molecule has 0 saturated carbocycles. The molecule has 5 nitrogen and oxygen atoms in total. The predicted molar refractivity (Wildman–Crippen MR) is 103 cm³/mol. The van der Waals surface area contributed by atoms with E-state index >= 15 is 0 Å². The number of nitrogens with zero attached hydrogens (tertiary/aromatic N) is 4. The van der Waals surface area contributed by atoms with E-state index in [9.17, 15) is 5.11 Å². The molecule has 1 aliphatic rings. The number of anilines is 1. The van der Waals surface area contributed by atoms with Crippen molar-refractivity contribution in [1.82, 2.24) is 14.9 Å². The minimum atomic E-state index is -0.275. The topological polar surface area (TPSA) is 52.5 Å². The normalized spacial score (nSPS) is 17.1. The van der Waals surface area contributed by atoms with Crippen LogP contribution in [-0.2, 0) is 0 Å². The van der Waals surface area contributed by atoms with Crippen LogP contribution >= 0.6 is 11.3 Å². The number of hydrogen-bond acceptors (Lipinski definition) is 6. The molecule has 0 unspecified atom stereocenters. The minimum absolute atomic E-state index is 0.275. The van der Waals surface area contributed by atoms with Crippen molar-refractivity contribution < 1.29 is 5.11 Å². The molecular formula is C19H22N4OS. The summed E-state index contributed by atoms with van der Waals surface area (Å²) in [5.41, 5.74) is 1.22. The maximum atomic E-state index is 9.57. The van der Waals surface area contributed by atoms with Gasteiger partial charge in [0.15, 0.2) is 0 Å². The molecule has 0 bridgehead atoms. The van der Waals surface area contributed by atoms with Gasteiger partial charge in [0.1, 0.15) is 17.0 Å². The maximum absolute atomic E-state index is 9.57. The highest BCUT2D eigenvalue weighted by Gasteiger charge is 2.21. The van der Waals surface area contributed by atoms with Crippen molar-refractivity contribution in [2.45, 2.75) is 13.0 Å². The van der Waals surface area contributed by atoms with E-state index in [4.69, 9.17) is 0 Å². The smallest absolute Gasteiger partial charge is 0.140 e. The summed E-state index contributed by atoms with van der Waals surface area (Å²) in [6, 6.07) is 12.6. The zero-order valence-corrected chi connectivity index (χ0v) is 15.1. The highest BCUT2D eigenvalue weighted by molar-refractivity contribution is 7.21. The van der Waals surface area contributed by atoms with E-state index in [1.807, 2.05) is 13.0 Å². The molecule has 1 fully saturated rings. The van der Waals surface area contributed by atoms with Crippen LogP contribution in [0.1, 0.15) is 6.92 Å². The molecule has 2 aromatic heterocycles. The van der Waals surface area contributed by atoms with Gasteiger partial charge in [-0.1, -0.05) is 30.3 Å². The number of aliphatic hydroxyl groups is 1. The summed E-state index contributed by atoms with van der Waals surface area (Å²) in [4.78, 5) is 16.0. The summed E-state index contributed by atoms with van der Waals surface area (Å²) in [7, 11) is 0. The van der Waals surface area contributed by atoms with Gasteiger partial charge in [0, 0.05) is 37.6 Å². The second-order valence-electron chi connectivity index (χ2n) is 6.53. The molecule has 25 heavy (non-hydrogen) atoms. The summed E-state index contributed by atoms with van der Waals surface area (Å²) in [5.74, 6) is 1.03. The van der Waals surface area contributed by atoms with Crippen molar-refractivity contribution in [1.29, 1.82) is 0 Å². The molecule has 3 aromatic rings. The lowest BCUT2D eigenvalue weighted by Gasteiger charge is -2.36. The van der Waals surface area contributed by atoms with Gasteiger partial charge in [-0.2, -0.15) is 0 Å². The summed E-state index contributed by atoms with van der Waals surface area (Å²) in [6.45, 7) is 6.34. The summed E-state index contributed by atoms with van der Waals surface area (Å²) in [6.07, 6.45) is 1.40. The van der Waals surface area contributed by atoms with E-state index in [0.29, 0.717) is 0 Å². The van der Waals surface area contributed by atoms with Crippen molar-refractivity contribution in [2.24, 2.45) is 0 Å². The van der Waals surface area contributed by atoms with Crippen LogP contribution in [0.15, 0.2) is 42.7 Å². The molecule has 0 amide bonds. The zero-order chi connectivity index (χ0) is 17.2. The third-order valence-corrected chi connectivity index (χ3v) is 5.65. The van der Waals surface area contributed by atoms with Crippen LogP contribution in [0.5, 0.6) is 0 Å². The van der Waals surface area contributed by atoms with E-state index in [1.54, 1.807) is 17.7 Å². The molecule has 1 saturated heterocycles. The quantitative estimate of drug-likeness (QED) is 0.781. The molecular weight excluding hydrogens is 332 g/mol. The lowest BCUT2D eigenvalue weighted by molar-refractivity contribution is 0.122. The number of piperazine rings is 1. The van der Waals surface area contributed by atoms with Crippen molar-refractivity contribution in [3.8, 4) is 10.4 Å². The Kier molecular flexibility index (Phi) is 4.65. The van der Waals surface area contributed by atoms with Gasteiger partial charge in [0.25, 0.3) is 0 Å². The molecule has 6 heteroatoms. The van der Waals surface area contributed by atoms with Crippen molar-refractivity contribution >= 4 is 27.4 Å². The Hall–Kier alpha value is -2.02. The number of rotatable bonds is 4. The van der Waals surface area contributed by atoms with Gasteiger partial charge in [-0.25, -0.2) is 9.97 Å². The molecule has 4 rings (SSSR count). The highest BCUT2D eigenvalue weighted by atomic mass is 32.1. The second kappa shape index (κ2) is 7.07. The van der Waals surface area contributed by atoms with Gasteiger partial charge in [-0.05, 0) is 18.6 Å². The number of benzene rings is 1. The highest BCUT2D eigenvalue weighted by Crippen LogP contribution is 2.36. The average molecular weight is 354 g/mol. The monoisotopic (exact) mass is 354 g/mol. The van der Waals surface area contributed by atoms with Crippen LogP contribution in [0, 0.1) is 0 Å². The first-order valence-electron chi connectivity index (χ1n) is 8.66. The van der Waals surface area contributed by atoms with Crippen molar-refractivity contribution in [3.05, 3.63) is 42.7 Å². The van der Waals surface area contributed by atoms with Gasteiger partial charge >= 0.3 is 0 Å². The zero-order valence-electron chi connectivity index (χ0n) is 14.3. The standard InChI is InChI=1S/C19H22N4OS/c1-14(24)12-22-7-9-23(10-8-22)18-16-11-17(15-5-3-2-4-6-15)25-19(16)21-13-20-18/h2-6,11,13-14,24H,7-10,12H2,1H3/t14-/m1/s1. The van der Waals surface area contributed by atoms with E-state index in [-0.39, 0.29) is 6.10 Å². The number of fused-ring (bicyclic) bond motifs is 1. The van der Waals surface area contributed by atoms with E-state index in [0.717, 1.165) is 48.8 Å². The molecule has 1 atom stereocenters. The third-order valence-electron chi connectivity index (χ3n) is 4.56. The number of β-amino-alcohol motifs (C(OH)–C–C–N with tert-alkyl or cyclic N) is 1. The average Bonchev–Trinajstić information content (AvgIpc) is 3.07. The Morgan fingerprint density at radius 1 is 1.12 bits per heavy atom. The van der Waals surface area contributed by atoms with Crippen LogP contribution in [0.25, 0.3) is 20.7 Å². The maximum Gasteiger partial charge on any atom is 0.140 e. The largest absolute Gasteiger partial charge is 0.392 e. The molecule has 1 aliphatic heterocycles. The van der Waals surface area contributed by atoms with Crippen molar-refractivity contribution in [3.63, 3.8) is 0 Å². The molecule has 3 heterocycles. The second-order valence-corrected chi connectivity index (χ2v) is 7.56. The Morgan fingerprint density at radius 3 is 2.60 bits per heavy atom. The first kappa shape index (κ1) is 16.4. The molecule has 1 aromatic carbocycles. The van der Waals surface area contributed by atoms with Gasteiger partial charge in [-0.3, -0.25) is 4.90 Å². The van der Waals surface area contributed by atoms with Gasteiger partial charge in [0.2, 0.25) is 0 Å². The van der Waals surface area contributed by atoms with Gasteiger partial charge in [-0.15, -0.1) is 11.3 Å². The number of thiophene rings is 1. The van der Waals surface area contributed by atoms with E-state index in [2.05, 4.69) is 50.1 Å². The fraction of sp³-hybridized carbons (Fsp3) is 0.368. The molecule has 0 radical (unpaired) electrons. The summed E-state index contributed by atoms with van der Waals surface area (Å²) in [5, 5.41) is 10.7. The fourth-order valence-electron chi connectivity index (χ4n) is 3.36. The lowest BCUT2D eigenvalue weighted by Crippen LogP contribution is -2.48. The number of aliphatic hydroxyl groups excluding tert-OH is 1. The Labute approximate surface area is 151 Å². The van der Waals surface area contributed by atoms with Crippen molar-refractivity contribution in [2.75, 3.05) is 37.6 Å². The van der Waals surface area contributed by atoms with Gasteiger partial charge < -0.3 is 10.0 Å².